The predicted octanol–water partition coefficient (Wildman–Crippen LogP) is 4.55. The van der Waals surface area contributed by atoms with Crippen LogP contribution in [0.1, 0.15) is 22.2 Å². The Balaban J connectivity index is 1.90. The lowest BCUT2D eigenvalue weighted by atomic mass is 10.1. The van der Waals surface area contributed by atoms with E-state index in [9.17, 15) is 4.79 Å². The highest BCUT2D eigenvalue weighted by Crippen LogP contribution is 2.24. The van der Waals surface area contributed by atoms with Crippen molar-refractivity contribution >= 4 is 39.7 Å². The smallest absolute Gasteiger partial charge is 0.254 e. The second kappa shape index (κ2) is 5.92. The first kappa shape index (κ1) is 14.2. The summed E-state index contributed by atoms with van der Waals surface area (Å²) in [5, 5.41) is 0.963. The number of halogens is 1. The number of nitrogens with one attached hydrogen (secondary N) is 1. The lowest BCUT2D eigenvalue weighted by molar-refractivity contribution is 0.0756. The molecule has 0 radical (unpaired) electrons. The van der Waals surface area contributed by atoms with E-state index >= 15 is 0 Å². The van der Waals surface area contributed by atoms with Gasteiger partial charge in [-0.15, -0.1) is 11.3 Å². The van der Waals surface area contributed by atoms with Crippen LogP contribution in [0.3, 0.4) is 0 Å². The standard InChI is InChI=1S/C16H15ClN2OS/c1-2-19(10-11-6-7-15(17)21-11)16(20)13-4-3-5-14-12(13)8-9-18-14/h3-9,18H,2,10H2,1H3. The number of fused-ring (bicyclic) bond motifs is 1. The molecule has 0 unspecified atom stereocenters. The van der Waals surface area contributed by atoms with E-state index in [1.54, 1.807) is 0 Å². The summed E-state index contributed by atoms with van der Waals surface area (Å²) < 4.78 is 0.751. The zero-order valence-electron chi connectivity index (χ0n) is 11.6. The van der Waals surface area contributed by atoms with Crippen LogP contribution in [0.15, 0.2) is 42.6 Å². The molecule has 1 N–H and O–H groups in total. The molecule has 2 heterocycles. The van der Waals surface area contributed by atoms with Crippen LogP contribution in [-0.4, -0.2) is 22.3 Å². The van der Waals surface area contributed by atoms with Crippen molar-refractivity contribution in [1.29, 1.82) is 0 Å². The van der Waals surface area contributed by atoms with E-state index in [0.29, 0.717) is 13.1 Å². The first-order chi connectivity index (χ1) is 10.2. The SMILES string of the molecule is CCN(Cc1ccc(Cl)s1)C(=O)c1cccc2[nH]ccc12. The topological polar surface area (TPSA) is 36.1 Å². The summed E-state index contributed by atoms with van der Waals surface area (Å²) in [7, 11) is 0. The maximum Gasteiger partial charge on any atom is 0.254 e. The van der Waals surface area contributed by atoms with Gasteiger partial charge in [0, 0.05) is 34.1 Å². The second-order valence-electron chi connectivity index (χ2n) is 4.77. The molecule has 0 fully saturated rings. The van der Waals surface area contributed by atoms with Crippen LogP contribution in [0.4, 0.5) is 0 Å². The van der Waals surface area contributed by atoms with E-state index in [4.69, 9.17) is 11.6 Å². The molecule has 3 rings (SSSR count). The van der Waals surface area contributed by atoms with E-state index < -0.39 is 0 Å². The number of benzene rings is 1. The Morgan fingerprint density at radius 1 is 1.29 bits per heavy atom. The van der Waals surface area contributed by atoms with Gasteiger partial charge in [-0.3, -0.25) is 4.79 Å². The molecule has 3 nitrogen and oxygen atoms in total. The van der Waals surface area contributed by atoms with Crippen molar-refractivity contribution in [2.45, 2.75) is 13.5 Å². The van der Waals surface area contributed by atoms with E-state index in [2.05, 4.69) is 4.98 Å². The number of aromatic nitrogens is 1. The van der Waals surface area contributed by atoms with Crippen molar-refractivity contribution in [2.75, 3.05) is 6.54 Å². The number of hydrogen-bond acceptors (Lipinski definition) is 2. The second-order valence-corrected chi connectivity index (χ2v) is 6.57. The van der Waals surface area contributed by atoms with Gasteiger partial charge in [0.05, 0.1) is 10.9 Å². The van der Waals surface area contributed by atoms with E-state index in [0.717, 1.165) is 25.7 Å². The number of nitrogens with zero attached hydrogens (tertiary/aromatic N) is 1. The molecule has 0 bridgehead atoms. The Kier molecular flexibility index (Phi) is 3.99. The van der Waals surface area contributed by atoms with Gasteiger partial charge in [-0.25, -0.2) is 0 Å². The van der Waals surface area contributed by atoms with Crippen LogP contribution < -0.4 is 0 Å². The van der Waals surface area contributed by atoms with Crippen molar-refractivity contribution in [3.8, 4) is 0 Å². The van der Waals surface area contributed by atoms with Crippen LogP contribution in [-0.2, 0) is 6.54 Å². The predicted molar refractivity (Wildman–Crippen MR) is 88.0 cm³/mol. The molecule has 0 saturated heterocycles. The lowest BCUT2D eigenvalue weighted by Gasteiger charge is -2.20. The van der Waals surface area contributed by atoms with Gasteiger partial charge in [0.15, 0.2) is 0 Å². The van der Waals surface area contributed by atoms with Crippen molar-refractivity contribution in [3.05, 3.63) is 57.4 Å². The zero-order valence-corrected chi connectivity index (χ0v) is 13.2. The number of amides is 1. The fraction of sp³-hybridized carbons (Fsp3) is 0.188. The van der Waals surface area contributed by atoms with Gasteiger partial charge in [-0.2, -0.15) is 0 Å². The zero-order chi connectivity index (χ0) is 14.8. The lowest BCUT2D eigenvalue weighted by Crippen LogP contribution is -2.30. The Hall–Kier alpha value is -1.78. The van der Waals surface area contributed by atoms with Gasteiger partial charge in [0.2, 0.25) is 0 Å². The molecule has 21 heavy (non-hydrogen) atoms. The Morgan fingerprint density at radius 3 is 2.86 bits per heavy atom. The highest BCUT2D eigenvalue weighted by Gasteiger charge is 2.17. The van der Waals surface area contributed by atoms with Crippen molar-refractivity contribution in [3.63, 3.8) is 0 Å². The quantitative estimate of drug-likeness (QED) is 0.753. The molecule has 5 heteroatoms. The molecule has 0 aliphatic heterocycles. The van der Waals surface area contributed by atoms with Crippen molar-refractivity contribution in [2.24, 2.45) is 0 Å². The minimum absolute atomic E-state index is 0.0484. The fourth-order valence-corrected chi connectivity index (χ4v) is 3.50. The third-order valence-corrected chi connectivity index (χ3v) is 4.69. The summed E-state index contributed by atoms with van der Waals surface area (Å²) in [6, 6.07) is 11.5. The number of hydrogen-bond donors (Lipinski definition) is 1. The van der Waals surface area contributed by atoms with Gasteiger partial charge >= 0.3 is 0 Å². The molecule has 2 aromatic heterocycles. The third kappa shape index (κ3) is 2.82. The van der Waals surface area contributed by atoms with Crippen molar-refractivity contribution < 1.29 is 4.79 Å². The minimum atomic E-state index is 0.0484. The van der Waals surface area contributed by atoms with Crippen LogP contribution in [0.2, 0.25) is 4.34 Å². The molecule has 0 aliphatic rings. The maximum absolute atomic E-state index is 12.8. The third-order valence-electron chi connectivity index (χ3n) is 3.47. The van der Waals surface area contributed by atoms with Gasteiger partial charge in [0.1, 0.15) is 0 Å². The Bertz CT molecular complexity index is 777. The molecule has 0 saturated carbocycles. The molecule has 1 aromatic carbocycles. The molecular weight excluding hydrogens is 304 g/mol. The Morgan fingerprint density at radius 2 is 2.14 bits per heavy atom. The van der Waals surface area contributed by atoms with Crippen LogP contribution in [0.25, 0.3) is 10.9 Å². The Labute approximate surface area is 132 Å². The highest BCUT2D eigenvalue weighted by atomic mass is 35.5. The summed E-state index contributed by atoms with van der Waals surface area (Å²) in [6.07, 6.45) is 1.86. The van der Waals surface area contributed by atoms with Gasteiger partial charge in [-0.05, 0) is 37.3 Å². The average molecular weight is 319 g/mol. The number of rotatable bonds is 4. The van der Waals surface area contributed by atoms with E-state index in [1.165, 1.54) is 11.3 Å². The highest BCUT2D eigenvalue weighted by molar-refractivity contribution is 7.16. The number of thiophene rings is 1. The summed E-state index contributed by atoms with van der Waals surface area (Å²) in [5.41, 5.74) is 1.72. The molecule has 1 amide bonds. The summed E-state index contributed by atoms with van der Waals surface area (Å²) in [6.45, 7) is 3.24. The number of carbonyl (C=O) groups excluding carboxylic acids is 1. The fourth-order valence-electron chi connectivity index (χ4n) is 2.39. The average Bonchev–Trinajstić information content (AvgIpc) is 3.12. The van der Waals surface area contributed by atoms with Crippen LogP contribution >= 0.6 is 22.9 Å². The number of H-pyrrole nitrogens is 1. The molecule has 0 spiro atoms. The minimum Gasteiger partial charge on any atom is -0.361 e. The van der Waals surface area contributed by atoms with Gasteiger partial charge in [-0.1, -0.05) is 17.7 Å². The largest absolute Gasteiger partial charge is 0.361 e. The van der Waals surface area contributed by atoms with Gasteiger partial charge in [0.25, 0.3) is 5.91 Å². The van der Waals surface area contributed by atoms with E-state index in [-0.39, 0.29) is 5.91 Å². The maximum atomic E-state index is 12.8. The molecule has 108 valence electrons. The normalized spacial score (nSPS) is 11.0. The van der Waals surface area contributed by atoms with Crippen LogP contribution in [0, 0.1) is 0 Å². The summed E-state index contributed by atoms with van der Waals surface area (Å²) in [5.74, 6) is 0.0484. The molecule has 3 aromatic rings. The van der Waals surface area contributed by atoms with Crippen LogP contribution in [0.5, 0.6) is 0 Å². The first-order valence-electron chi connectivity index (χ1n) is 6.78. The molecular formula is C16H15ClN2OS. The molecule has 0 aliphatic carbocycles. The van der Waals surface area contributed by atoms with Crippen molar-refractivity contribution in [1.82, 2.24) is 9.88 Å². The number of aromatic amines is 1. The summed E-state index contributed by atoms with van der Waals surface area (Å²) in [4.78, 5) is 18.9. The molecule has 0 atom stereocenters. The van der Waals surface area contributed by atoms with Gasteiger partial charge < -0.3 is 9.88 Å². The summed E-state index contributed by atoms with van der Waals surface area (Å²) >= 11 is 7.47. The monoisotopic (exact) mass is 318 g/mol. The first-order valence-corrected chi connectivity index (χ1v) is 7.98. The number of carbonyl (C=O) groups is 1. The van der Waals surface area contributed by atoms with E-state index in [1.807, 2.05) is 54.4 Å².